The van der Waals surface area contributed by atoms with Crippen LogP contribution in [0.2, 0.25) is 0 Å². The van der Waals surface area contributed by atoms with E-state index in [0.29, 0.717) is 34.3 Å². The Hall–Kier alpha value is -4.20. The normalized spacial score (nSPS) is 10.5. The fraction of sp³-hybridized carbons (Fsp3) is 0.143. The van der Waals surface area contributed by atoms with Crippen molar-refractivity contribution in [1.82, 2.24) is 9.97 Å². The summed E-state index contributed by atoms with van der Waals surface area (Å²) >= 11 is 0. The number of hydrogen-bond donors (Lipinski definition) is 2. The van der Waals surface area contributed by atoms with Crippen molar-refractivity contribution >= 4 is 24.1 Å². The van der Waals surface area contributed by atoms with E-state index in [9.17, 15) is 10.2 Å². The fourth-order valence-electron chi connectivity index (χ4n) is 3.07. The van der Waals surface area contributed by atoms with Gasteiger partial charge in [-0.25, -0.2) is 20.0 Å². The van der Waals surface area contributed by atoms with Crippen LogP contribution in [-0.2, 0) is 17.1 Å². The molecule has 37 heavy (non-hydrogen) atoms. The molecule has 1 radical (unpaired) electrons. The van der Waals surface area contributed by atoms with E-state index in [1.54, 1.807) is 61.2 Å². The van der Waals surface area contributed by atoms with Crippen LogP contribution in [-0.4, -0.2) is 46.8 Å². The van der Waals surface area contributed by atoms with Crippen molar-refractivity contribution in [3.05, 3.63) is 95.3 Å². The van der Waals surface area contributed by atoms with Crippen molar-refractivity contribution in [2.45, 2.75) is 13.8 Å². The summed E-state index contributed by atoms with van der Waals surface area (Å²) in [6.45, 7) is 3.95. The maximum Gasteiger partial charge on any atom is 0.166 e. The number of hydrogen-bond acceptors (Lipinski definition) is 8. The van der Waals surface area contributed by atoms with Crippen molar-refractivity contribution < 1.29 is 36.8 Å². The molecule has 2 aromatic heterocycles. The Morgan fingerprint density at radius 1 is 0.676 bits per heavy atom. The second-order valence-corrected chi connectivity index (χ2v) is 7.70. The van der Waals surface area contributed by atoms with Crippen LogP contribution in [0.3, 0.4) is 0 Å². The summed E-state index contributed by atoms with van der Waals surface area (Å²) in [4.78, 5) is 16.7. The van der Waals surface area contributed by atoms with Crippen molar-refractivity contribution in [3.63, 3.8) is 0 Å². The molecule has 0 aliphatic rings. The average Bonchev–Trinajstić information content (AvgIpc) is 2.88. The van der Waals surface area contributed by atoms with Gasteiger partial charge in [-0.15, -0.1) is 0 Å². The molecule has 0 saturated heterocycles. The summed E-state index contributed by atoms with van der Waals surface area (Å²) in [6, 6.07) is 18.0. The van der Waals surface area contributed by atoms with E-state index < -0.39 is 0 Å². The van der Waals surface area contributed by atoms with E-state index in [4.69, 9.17) is 9.47 Å². The van der Waals surface area contributed by atoms with Crippen molar-refractivity contribution in [1.29, 1.82) is 0 Å². The van der Waals surface area contributed by atoms with Crippen LogP contribution in [0, 0.1) is 13.8 Å². The van der Waals surface area contributed by atoms with Gasteiger partial charge >= 0.3 is 0 Å². The van der Waals surface area contributed by atoms with Crippen molar-refractivity contribution in [2.75, 3.05) is 14.2 Å². The zero-order valence-electron chi connectivity index (χ0n) is 20.9. The number of methoxy groups -OCH3 is 2. The molecule has 195 valence electrons. The van der Waals surface area contributed by atoms with Gasteiger partial charge in [-0.05, 0) is 73.5 Å². The van der Waals surface area contributed by atoms with Crippen LogP contribution in [0.1, 0.15) is 22.3 Å². The van der Waals surface area contributed by atoms with E-state index in [1.807, 2.05) is 38.1 Å². The molecule has 0 unspecified atom stereocenters. The minimum absolute atomic E-state index is 0. The van der Waals surface area contributed by atoms with Gasteiger partial charge in [0.2, 0.25) is 0 Å². The molecule has 0 spiro atoms. The molecule has 2 N–H and O–H groups in total. The first-order valence-electron chi connectivity index (χ1n) is 11.1. The van der Waals surface area contributed by atoms with Gasteiger partial charge in [0.05, 0.1) is 14.2 Å². The van der Waals surface area contributed by atoms with Crippen LogP contribution >= 0.6 is 0 Å². The Kier molecular flexibility index (Phi) is 11.3. The summed E-state index contributed by atoms with van der Waals surface area (Å²) in [5.74, 6) is 2.23. The first kappa shape index (κ1) is 29.0. The number of ether oxygens (including phenoxy) is 2. The predicted octanol–water partition coefficient (Wildman–Crippen LogP) is 5.71. The topological polar surface area (TPSA) is 109 Å². The summed E-state index contributed by atoms with van der Waals surface area (Å²) in [7, 11) is 3.02. The Morgan fingerprint density at radius 2 is 1.08 bits per heavy atom. The monoisotopic (exact) mass is 547 g/mol. The van der Waals surface area contributed by atoms with Crippen LogP contribution in [0.4, 0.5) is 11.6 Å². The van der Waals surface area contributed by atoms with Crippen LogP contribution < -0.4 is 9.47 Å². The molecule has 0 fully saturated rings. The molecule has 2 heterocycles. The molecule has 0 aliphatic heterocycles. The second kappa shape index (κ2) is 14.4. The van der Waals surface area contributed by atoms with Gasteiger partial charge in [-0.1, -0.05) is 12.1 Å². The zero-order chi connectivity index (χ0) is 25.9. The number of nitrogens with zero attached hydrogens (tertiary/aromatic N) is 4. The molecule has 0 bridgehead atoms. The molecule has 9 heteroatoms. The van der Waals surface area contributed by atoms with E-state index in [0.717, 1.165) is 11.1 Å². The standard InChI is InChI=1S/2C14H14N2O2.Cu/c2*1-10-6-7-15-13(8-10)16-9-11-4-3-5-12(18-2)14(11)17;/h2*3-9,17H,1-2H3;. The van der Waals surface area contributed by atoms with Crippen LogP contribution in [0.15, 0.2) is 83.0 Å². The van der Waals surface area contributed by atoms with Gasteiger partial charge < -0.3 is 19.7 Å². The number of para-hydroxylation sites is 2. The molecule has 4 rings (SSSR count). The van der Waals surface area contributed by atoms with Crippen LogP contribution in [0.25, 0.3) is 0 Å². The van der Waals surface area contributed by atoms with Gasteiger partial charge in [0, 0.05) is 53.0 Å². The Balaban J connectivity index is 0.000000253. The number of aromatic hydroxyl groups is 2. The average molecular weight is 548 g/mol. The molecule has 0 aliphatic carbocycles. The number of aromatic nitrogens is 2. The van der Waals surface area contributed by atoms with Gasteiger partial charge in [-0.2, -0.15) is 0 Å². The number of rotatable bonds is 6. The fourth-order valence-corrected chi connectivity index (χ4v) is 3.07. The maximum atomic E-state index is 9.88. The first-order chi connectivity index (χ1) is 17.4. The van der Waals surface area contributed by atoms with Crippen LogP contribution in [0.5, 0.6) is 23.0 Å². The summed E-state index contributed by atoms with van der Waals surface area (Å²) in [6.07, 6.45) is 6.54. The number of aliphatic imine (C=N–C) groups is 2. The predicted molar refractivity (Wildman–Crippen MR) is 142 cm³/mol. The Morgan fingerprint density at radius 3 is 1.43 bits per heavy atom. The van der Waals surface area contributed by atoms with Gasteiger partial charge in [0.15, 0.2) is 34.6 Å². The third kappa shape index (κ3) is 8.45. The molecule has 0 atom stereocenters. The molecule has 0 saturated carbocycles. The molecule has 2 aromatic carbocycles. The smallest absolute Gasteiger partial charge is 0.166 e. The Bertz CT molecular complexity index is 1270. The number of pyridine rings is 2. The SMILES string of the molecule is COc1cccc(C=Nc2cc(C)ccn2)c1O.COc1cccc(C=Nc2cc(C)ccn2)c1O.[Cu]. The second-order valence-electron chi connectivity index (χ2n) is 7.70. The maximum absolute atomic E-state index is 9.88. The quantitative estimate of drug-likeness (QED) is 0.236. The van der Waals surface area contributed by atoms with E-state index in [2.05, 4.69) is 20.0 Å². The van der Waals surface area contributed by atoms with Gasteiger partial charge in [-0.3, -0.25) is 0 Å². The number of phenols is 2. The molecule has 8 nitrogen and oxygen atoms in total. The van der Waals surface area contributed by atoms with E-state index in [1.165, 1.54) is 14.2 Å². The third-order valence-corrected chi connectivity index (χ3v) is 4.97. The zero-order valence-corrected chi connectivity index (χ0v) is 21.8. The minimum Gasteiger partial charge on any atom is -0.504 e. The minimum atomic E-state index is 0. The third-order valence-electron chi connectivity index (χ3n) is 4.97. The molecule has 4 aromatic rings. The van der Waals surface area contributed by atoms with Gasteiger partial charge in [0.1, 0.15) is 0 Å². The molecular weight excluding hydrogens is 520 g/mol. The van der Waals surface area contributed by atoms with Gasteiger partial charge in [0.25, 0.3) is 0 Å². The number of benzene rings is 2. The van der Waals surface area contributed by atoms with Crippen molar-refractivity contribution in [2.24, 2.45) is 9.98 Å². The molecule has 0 amide bonds. The largest absolute Gasteiger partial charge is 0.504 e. The summed E-state index contributed by atoms with van der Waals surface area (Å²) < 4.78 is 10.1. The van der Waals surface area contributed by atoms with E-state index in [-0.39, 0.29) is 28.6 Å². The van der Waals surface area contributed by atoms with E-state index >= 15 is 0 Å². The Labute approximate surface area is 226 Å². The van der Waals surface area contributed by atoms with Crippen molar-refractivity contribution in [3.8, 4) is 23.0 Å². The number of aryl methyl sites for hydroxylation is 2. The summed E-state index contributed by atoms with van der Waals surface area (Å²) in [5.41, 5.74) is 3.37. The number of phenolic OH excluding ortho intramolecular Hbond substituents is 2. The first-order valence-corrected chi connectivity index (χ1v) is 11.1. The summed E-state index contributed by atoms with van der Waals surface area (Å²) in [5, 5.41) is 19.8. The molecular formula is C28H28CuN4O4.